The minimum absolute atomic E-state index is 0.224. The van der Waals surface area contributed by atoms with Crippen molar-refractivity contribution in [3.05, 3.63) is 103 Å². The summed E-state index contributed by atoms with van der Waals surface area (Å²) in [5.41, 5.74) is 6.01. The second-order valence-electron chi connectivity index (χ2n) is 7.37. The Morgan fingerprint density at radius 3 is 2.06 bits per heavy atom. The van der Waals surface area contributed by atoms with Gasteiger partial charge < -0.3 is 10.2 Å². The molecule has 5 rings (SSSR count). The molecule has 0 aliphatic carbocycles. The van der Waals surface area contributed by atoms with Crippen LogP contribution in [-0.2, 0) is 0 Å². The van der Waals surface area contributed by atoms with Crippen LogP contribution in [0.2, 0.25) is 0 Å². The van der Waals surface area contributed by atoms with E-state index in [0.717, 1.165) is 33.2 Å². The van der Waals surface area contributed by atoms with Crippen LogP contribution in [0.1, 0.15) is 0 Å². The second-order valence-corrected chi connectivity index (χ2v) is 7.37. The van der Waals surface area contributed by atoms with Crippen LogP contribution in [0.3, 0.4) is 0 Å². The Bertz CT molecular complexity index is 1400. The second kappa shape index (κ2) is 7.58. The number of pyridine rings is 1. The maximum absolute atomic E-state index is 14.0. The van der Waals surface area contributed by atoms with E-state index in [1.54, 1.807) is 18.2 Å². The molecule has 0 bridgehead atoms. The third kappa shape index (κ3) is 3.60. The summed E-state index contributed by atoms with van der Waals surface area (Å²) in [5, 5.41) is 20.1. The van der Waals surface area contributed by atoms with Crippen LogP contribution in [0.25, 0.3) is 44.4 Å². The van der Waals surface area contributed by atoms with E-state index >= 15 is 0 Å². The predicted molar refractivity (Wildman–Crippen MR) is 121 cm³/mol. The van der Waals surface area contributed by atoms with Gasteiger partial charge in [-0.25, -0.2) is 9.37 Å². The Labute approximate surface area is 178 Å². The Morgan fingerprint density at radius 2 is 1.32 bits per heavy atom. The first-order chi connectivity index (χ1) is 15.1. The standard InChI is InChI=1S/C27H18FNO2/c28-24-15-20(9-13-27(24)31)26-16-22(18-4-2-1-3-5-18)23-14-19(8-12-25(23)29-26)17-6-10-21(30)11-7-17/h1-16,30-31H. The van der Waals surface area contributed by atoms with Gasteiger partial charge in [-0.3, -0.25) is 0 Å². The first-order valence-corrected chi connectivity index (χ1v) is 9.87. The number of fused-ring (bicyclic) bond motifs is 1. The molecule has 0 aliphatic heterocycles. The fourth-order valence-corrected chi connectivity index (χ4v) is 3.73. The smallest absolute Gasteiger partial charge is 0.165 e. The summed E-state index contributed by atoms with van der Waals surface area (Å²) in [6, 6.07) is 29.3. The van der Waals surface area contributed by atoms with Gasteiger partial charge in [0.25, 0.3) is 0 Å². The summed E-state index contributed by atoms with van der Waals surface area (Å²) in [5.74, 6) is -0.836. The molecule has 0 atom stereocenters. The molecule has 0 fully saturated rings. The molecular weight excluding hydrogens is 389 g/mol. The molecule has 31 heavy (non-hydrogen) atoms. The van der Waals surface area contributed by atoms with Gasteiger partial charge in [-0.1, -0.05) is 48.5 Å². The van der Waals surface area contributed by atoms with Gasteiger partial charge in [0.1, 0.15) is 5.75 Å². The molecule has 4 aromatic carbocycles. The molecule has 0 aliphatic rings. The highest BCUT2D eigenvalue weighted by atomic mass is 19.1. The predicted octanol–water partition coefficient (Wildman–Crippen LogP) is 6.79. The van der Waals surface area contributed by atoms with Crippen molar-refractivity contribution in [3.63, 3.8) is 0 Å². The van der Waals surface area contributed by atoms with Crippen molar-refractivity contribution in [2.45, 2.75) is 0 Å². The van der Waals surface area contributed by atoms with E-state index in [4.69, 9.17) is 4.98 Å². The maximum Gasteiger partial charge on any atom is 0.165 e. The minimum Gasteiger partial charge on any atom is -0.508 e. The summed E-state index contributed by atoms with van der Waals surface area (Å²) >= 11 is 0. The van der Waals surface area contributed by atoms with E-state index in [1.165, 1.54) is 12.1 Å². The van der Waals surface area contributed by atoms with E-state index < -0.39 is 5.82 Å². The first kappa shape index (κ1) is 18.8. The average Bonchev–Trinajstić information content (AvgIpc) is 2.81. The lowest BCUT2D eigenvalue weighted by atomic mass is 9.95. The SMILES string of the molecule is Oc1ccc(-c2ccc3nc(-c4ccc(O)c(F)c4)cc(-c4ccccc4)c3c2)cc1. The summed E-state index contributed by atoms with van der Waals surface area (Å²) in [6.45, 7) is 0. The molecule has 0 radical (unpaired) electrons. The van der Waals surface area contributed by atoms with E-state index in [9.17, 15) is 14.6 Å². The molecule has 1 aromatic heterocycles. The minimum atomic E-state index is -0.677. The van der Waals surface area contributed by atoms with Gasteiger partial charge in [0, 0.05) is 10.9 Å². The van der Waals surface area contributed by atoms with Gasteiger partial charge in [-0.05, 0) is 70.8 Å². The highest BCUT2D eigenvalue weighted by Crippen LogP contribution is 2.35. The number of aromatic nitrogens is 1. The number of aromatic hydroxyl groups is 2. The number of hydrogen-bond acceptors (Lipinski definition) is 3. The summed E-state index contributed by atoms with van der Waals surface area (Å²) in [6.07, 6.45) is 0. The zero-order valence-electron chi connectivity index (χ0n) is 16.5. The van der Waals surface area contributed by atoms with E-state index in [1.807, 2.05) is 60.7 Å². The quantitative estimate of drug-likeness (QED) is 0.346. The van der Waals surface area contributed by atoms with Crippen molar-refractivity contribution in [2.75, 3.05) is 0 Å². The molecule has 0 amide bonds. The lowest BCUT2D eigenvalue weighted by Gasteiger charge is -2.12. The van der Waals surface area contributed by atoms with Crippen LogP contribution < -0.4 is 0 Å². The Kier molecular flexibility index (Phi) is 4.60. The van der Waals surface area contributed by atoms with Crippen molar-refractivity contribution < 1.29 is 14.6 Å². The van der Waals surface area contributed by atoms with Crippen LogP contribution in [0.5, 0.6) is 11.5 Å². The monoisotopic (exact) mass is 407 g/mol. The topological polar surface area (TPSA) is 53.4 Å². The highest BCUT2D eigenvalue weighted by Gasteiger charge is 2.12. The molecule has 5 aromatic rings. The van der Waals surface area contributed by atoms with Crippen molar-refractivity contribution in [1.29, 1.82) is 0 Å². The molecule has 0 saturated carbocycles. The Hall–Kier alpha value is -4.18. The van der Waals surface area contributed by atoms with Crippen LogP contribution in [0.4, 0.5) is 4.39 Å². The molecule has 3 nitrogen and oxygen atoms in total. The van der Waals surface area contributed by atoms with E-state index in [-0.39, 0.29) is 11.5 Å². The fraction of sp³-hybridized carbons (Fsp3) is 0. The average molecular weight is 407 g/mol. The van der Waals surface area contributed by atoms with Gasteiger partial charge in [-0.15, -0.1) is 0 Å². The molecule has 0 saturated heterocycles. The number of phenols is 2. The van der Waals surface area contributed by atoms with Gasteiger partial charge in [0.2, 0.25) is 0 Å². The van der Waals surface area contributed by atoms with Crippen molar-refractivity contribution in [3.8, 4) is 45.0 Å². The van der Waals surface area contributed by atoms with E-state index in [0.29, 0.717) is 11.3 Å². The number of nitrogens with zero attached hydrogens (tertiary/aromatic N) is 1. The van der Waals surface area contributed by atoms with Crippen molar-refractivity contribution >= 4 is 10.9 Å². The van der Waals surface area contributed by atoms with Gasteiger partial charge in [0.05, 0.1) is 11.2 Å². The number of phenolic OH excluding ortho intramolecular Hbond substituents is 2. The molecule has 1 heterocycles. The summed E-state index contributed by atoms with van der Waals surface area (Å²) < 4.78 is 14.0. The van der Waals surface area contributed by atoms with Crippen molar-refractivity contribution in [1.82, 2.24) is 4.98 Å². The molecular formula is C27H18FNO2. The highest BCUT2D eigenvalue weighted by molar-refractivity contribution is 5.99. The largest absolute Gasteiger partial charge is 0.508 e. The Morgan fingerprint density at radius 1 is 0.613 bits per heavy atom. The van der Waals surface area contributed by atoms with Crippen LogP contribution in [-0.4, -0.2) is 15.2 Å². The molecule has 2 N–H and O–H groups in total. The number of halogens is 1. The zero-order chi connectivity index (χ0) is 21.4. The van der Waals surface area contributed by atoms with Gasteiger partial charge in [0.15, 0.2) is 11.6 Å². The summed E-state index contributed by atoms with van der Waals surface area (Å²) in [7, 11) is 0. The third-order valence-corrected chi connectivity index (χ3v) is 5.34. The van der Waals surface area contributed by atoms with Gasteiger partial charge >= 0.3 is 0 Å². The molecule has 4 heteroatoms. The summed E-state index contributed by atoms with van der Waals surface area (Å²) in [4.78, 5) is 4.76. The lowest BCUT2D eigenvalue weighted by molar-refractivity contribution is 0.432. The fourth-order valence-electron chi connectivity index (χ4n) is 3.73. The Balaban J connectivity index is 1.74. The number of rotatable bonds is 3. The maximum atomic E-state index is 14.0. The number of benzene rings is 4. The van der Waals surface area contributed by atoms with E-state index in [2.05, 4.69) is 6.07 Å². The normalized spacial score (nSPS) is 11.0. The first-order valence-electron chi connectivity index (χ1n) is 9.87. The molecule has 0 spiro atoms. The van der Waals surface area contributed by atoms with Crippen molar-refractivity contribution in [2.24, 2.45) is 0 Å². The molecule has 0 unspecified atom stereocenters. The van der Waals surface area contributed by atoms with Crippen LogP contribution >= 0.6 is 0 Å². The molecule has 150 valence electrons. The van der Waals surface area contributed by atoms with Crippen LogP contribution in [0.15, 0.2) is 97.1 Å². The third-order valence-electron chi connectivity index (χ3n) is 5.34. The number of hydrogen-bond donors (Lipinski definition) is 2. The van der Waals surface area contributed by atoms with Crippen LogP contribution in [0, 0.1) is 5.82 Å². The van der Waals surface area contributed by atoms with Gasteiger partial charge in [-0.2, -0.15) is 0 Å². The zero-order valence-corrected chi connectivity index (χ0v) is 16.5. The lowest BCUT2D eigenvalue weighted by Crippen LogP contribution is -1.91.